The summed E-state index contributed by atoms with van der Waals surface area (Å²) in [5, 5.41) is 0. The number of likely N-dealkylation sites (N-methyl/N-ethyl adjacent to an activating group) is 1. The number of ether oxygens (including phenoxy) is 3. The van der Waals surface area contributed by atoms with Crippen LogP contribution in [0.15, 0.2) is 24.3 Å². The van der Waals surface area contributed by atoms with Gasteiger partial charge in [-0.1, -0.05) is 154 Å². The molecule has 0 atom stereocenters. The Morgan fingerprint density at radius 2 is 0.776 bits per heavy atom. The van der Waals surface area contributed by atoms with Crippen molar-refractivity contribution in [3.63, 3.8) is 0 Å². The minimum absolute atomic E-state index is 0.181. The smallest absolute Gasteiger partial charge is 0.362 e. The van der Waals surface area contributed by atoms with Crippen molar-refractivity contribution in [2.45, 2.75) is 200 Å². The van der Waals surface area contributed by atoms with E-state index in [4.69, 9.17) is 14.2 Å². The first kappa shape index (κ1) is 47.8. The maximum absolute atomic E-state index is 12.5. The summed E-state index contributed by atoms with van der Waals surface area (Å²) in [4.78, 5) is 12.5. The minimum Gasteiger partial charge on any atom is -0.453 e. The van der Waals surface area contributed by atoms with Crippen molar-refractivity contribution in [3.05, 3.63) is 24.3 Å². The SMILES string of the molecule is CCCCCCCC/C=C\CCCCCCCCOCC(COCCCCCCCC/C=C\CCCCCCCC)OC(=O)C[N+](C)(C)C. The number of rotatable bonds is 39. The van der Waals surface area contributed by atoms with Gasteiger partial charge in [0.2, 0.25) is 0 Å². The summed E-state index contributed by atoms with van der Waals surface area (Å²) in [5.74, 6) is -0.181. The van der Waals surface area contributed by atoms with Crippen LogP contribution >= 0.6 is 0 Å². The van der Waals surface area contributed by atoms with Gasteiger partial charge >= 0.3 is 5.97 Å². The summed E-state index contributed by atoms with van der Waals surface area (Å²) in [6.45, 7) is 7.19. The number of hydrogen-bond acceptors (Lipinski definition) is 4. The summed E-state index contributed by atoms with van der Waals surface area (Å²) >= 11 is 0. The fourth-order valence-electron chi connectivity index (χ4n) is 6.06. The molecule has 0 fully saturated rings. The molecule has 0 aliphatic carbocycles. The second-order valence-electron chi connectivity index (χ2n) is 15.6. The lowest BCUT2D eigenvalue weighted by molar-refractivity contribution is -0.862. The Kier molecular flexibility index (Phi) is 37.2. The van der Waals surface area contributed by atoms with Crippen LogP contribution in [0.5, 0.6) is 0 Å². The Morgan fingerprint density at radius 3 is 1.10 bits per heavy atom. The molecule has 5 nitrogen and oxygen atoms in total. The average Bonchev–Trinajstić information content (AvgIpc) is 3.06. The van der Waals surface area contributed by atoms with E-state index in [1.165, 1.54) is 167 Å². The van der Waals surface area contributed by atoms with Crippen molar-refractivity contribution in [1.82, 2.24) is 0 Å². The predicted molar refractivity (Wildman–Crippen MR) is 213 cm³/mol. The van der Waals surface area contributed by atoms with Crippen LogP contribution < -0.4 is 0 Å². The van der Waals surface area contributed by atoms with E-state index in [0.29, 0.717) is 24.2 Å². The third kappa shape index (κ3) is 41.1. The second kappa shape index (κ2) is 38.1. The molecule has 290 valence electrons. The van der Waals surface area contributed by atoms with Crippen LogP contribution in [0.2, 0.25) is 0 Å². The van der Waals surface area contributed by atoms with Gasteiger partial charge in [0, 0.05) is 13.2 Å². The monoisotopic (exact) mass is 693 g/mol. The third-order valence-corrected chi connectivity index (χ3v) is 9.11. The van der Waals surface area contributed by atoms with E-state index in [1.807, 2.05) is 21.1 Å². The molecule has 49 heavy (non-hydrogen) atoms. The van der Waals surface area contributed by atoms with Gasteiger partial charge in [-0.15, -0.1) is 0 Å². The van der Waals surface area contributed by atoms with E-state index in [0.717, 1.165) is 26.1 Å². The van der Waals surface area contributed by atoms with Gasteiger partial charge in [0.1, 0.15) is 6.10 Å². The minimum atomic E-state index is -0.331. The molecule has 0 saturated heterocycles. The molecular formula is C44H86NO4+. The zero-order valence-corrected chi connectivity index (χ0v) is 33.8. The molecule has 0 N–H and O–H groups in total. The van der Waals surface area contributed by atoms with E-state index in [9.17, 15) is 4.79 Å². The molecule has 0 rings (SSSR count). The molecule has 0 unspecified atom stereocenters. The zero-order chi connectivity index (χ0) is 35.9. The third-order valence-electron chi connectivity index (χ3n) is 9.11. The van der Waals surface area contributed by atoms with Crippen molar-refractivity contribution in [2.24, 2.45) is 0 Å². The van der Waals surface area contributed by atoms with Gasteiger partial charge in [0.05, 0.1) is 34.4 Å². The van der Waals surface area contributed by atoms with Crippen molar-refractivity contribution in [1.29, 1.82) is 0 Å². The van der Waals surface area contributed by atoms with Crippen LogP contribution in [-0.2, 0) is 19.0 Å². The number of esters is 1. The van der Waals surface area contributed by atoms with Crippen molar-refractivity contribution in [3.8, 4) is 0 Å². The fourth-order valence-corrected chi connectivity index (χ4v) is 6.06. The van der Waals surface area contributed by atoms with Crippen LogP contribution in [0, 0.1) is 0 Å². The first-order chi connectivity index (χ1) is 23.9. The number of carbonyl (C=O) groups excluding carboxylic acids is 1. The van der Waals surface area contributed by atoms with Crippen molar-refractivity contribution < 1.29 is 23.5 Å². The van der Waals surface area contributed by atoms with E-state index in [-0.39, 0.29) is 12.1 Å². The largest absolute Gasteiger partial charge is 0.453 e. The van der Waals surface area contributed by atoms with Crippen LogP contribution in [0.25, 0.3) is 0 Å². The summed E-state index contributed by atoms with van der Waals surface area (Å²) in [6.07, 6.45) is 45.7. The van der Waals surface area contributed by atoms with E-state index < -0.39 is 0 Å². The number of allylic oxidation sites excluding steroid dienone is 4. The highest BCUT2D eigenvalue weighted by molar-refractivity contribution is 5.70. The highest BCUT2D eigenvalue weighted by atomic mass is 16.6. The highest BCUT2D eigenvalue weighted by Crippen LogP contribution is 2.12. The van der Waals surface area contributed by atoms with Gasteiger partial charge in [-0.2, -0.15) is 0 Å². The summed E-state index contributed by atoms with van der Waals surface area (Å²) in [7, 11) is 6.02. The molecule has 0 aliphatic heterocycles. The molecule has 0 aromatic rings. The molecule has 5 heteroatoms. The maximum atomic E-state index is 12.5. The number of unbranched alkanes of at least 4 members (excludes halogenated alkanes) is 24. The normalized spacial score (nSPS) is 12.3. The summed E-state index contributed by atoms with van der Waals surface area (Å²) < 4.78 is 18.2. The van der Waals surface area contributed by atoms with Crippen molar-refractivity contribution >= 4 is 5.97 Å². The maximum Gasteiger partial charge on any atom is 0.362 e. The fraction of sp³-hybridized carbons (Fsp3) is 0.886. The van der Waals surface area contributed by atoms with Crippen LogP contribution in [0.1, 0.15) is 194 Å². The lowest BCUT2D eigenvalue weighted by Gasteiger charge is -2.24. The zero-order valence-electron chi connectivity index (χ0n) is 33.8. The Bertz CT molecular complexity index is 683. The van der Waals surface area contributed by atoms with Crippen LogP contribution in [0.3, 0.4) is 0 Å². The Labute approximate surface area is 307 Å². The second-order valence-corrected chi connectivity index (χ2v) is 15.6. The number of carbonyl (C=O) groups is 1. The predicted octanol–water partition coefficient (Wildman–Crippen LogP) is 12.7. The topological polar surface area (TPSA) is 44.8 Å². The van der Waals surface area contributed by atoms with Gasteiger partial charge in [-0.3, -0.25) is 0 Å². The summed E-state index contributed by atoms with van der Waals surface area (Å²) in [5.41, 5.74) is 0. The van der Waals surface area contributed by atoms with Crippen LogP contribution in [-0.4, -0.2) is 70.7 Å². The molecule has 0 saturated carbocycles. The van der Waals surface area contributed by atoms with Gasteiger partial charge in [-0.25, -0.2) is 4.79 Å². The molecule has 0 bridgehead atoms. The summed E-state index contributed by atoms with van der Waals surface area (Å²) in [6, 6.07) is 0. The van der Waals surface area contributed by atoms with Gasteiger partial charge in [0.15, 0.2) is 6.54 Å². The first-order valence-electron chi connectivity index (χ1n) is 21.3. The molecule has 0 heterocycles. The molecule has 0 spiro atoms. The Morgan fingerprint density at radius 1 is 0.469 bits per heavy atom. The van der Waals surface area contributed by atoms with E-state index in [2.05, 4.69) is 38.2 Å². The standard InChI is InChI=1S/C44H86NO4/c1-6-8-10-12-14-16-18-20-22-24-26-28-30-32-34-36-38-47-41-43(49-44(46)40-45(3,4)5)42-48-39-37-35-33-31-29-27-25-23-21-19-17-15-13-11-9-7-2/h20-23,43H,6-19,24-42H2,1-5H3/q+1/b22-20-,23-21-. The number of nitrogens with zero attached hydrogens (tertiary/aromatic N) is 1. The molecule has 0 amide bonds. The molecule has 0 aromatic heterocycles. The lowest BCUT2D eigenvalue weighted by Crippen LogP contribution is -2.42. The van der Waals surface area contributed by atoms with E-state index >= 15 is 0 Å². The number of quaternary nitrogens is 1. The lowest BCUT2D eigenvalue weighted by atomic mass is 10.1. The molecule has 0 radical (unpaired) electrons. The van der Waals surface area contributed by atoms with Gasteiger partial charge in [0.25, 0.3) is 0 Å². The molecular weight excluding hydrogens is 606 g/mol. The first-order valence-corrected chi connectivity index (χ1v) is 21.3. The van der Waals surface area contributed by atoms with E-state index in [1.54, 1.807) is 0 Å². The Balaban J connectivity index is 3.86. The van der Waals surface area contributed by atoms with Gasteiger partial charge < -0.3 is 18.7 Å². The number of hydrogen-bond donors (Lipinski definition) is 0. The van der Waals surface area contributed by atoms with Gasteiger partial charge in [-0.05, 0) is 64.2 Å². The quantitative estimate of drug-likeness (QED) is 0.0278. The highest BCUT2D eigenvalue weighted by Gasteiger charge is 2.21. The Hall–Kier alpha value is -1.17. The molecule has 0 aromatic carbocycles. The average molecular weight is 693 g/mol. The van der Waals surface area contributed by atoms with Crippen LogP contribution in [0.4, 0.5) is 0 Å². The van der Waals surface area contributed by atoms with Crippen molar-refractivity contribution in [2.75, 3.05) is 54.1 Å². The molecule has 0 aliphatic rings.